The van der Waals surface area contributed by atoms with Crippen molar-refractivity contribution in [2.45, 2.75) is 50.8 Å². The topological polar surface area (TPSA) is 57.3 Å². The summed E-state index contributed by atoms with van der Waals surface area (Å²) >= 11 is 0. The fourth-order valence-corrected chi connectivity index (χ4v) is 2.68. The molecule has 5 nitrogen and oxygen atoms in total. The Kier molecular flexibility index (Phi) is 3.63. The van der Waals surface area contributed by atoms with E-state index in [1.54, 1.807) is 13.0 Å². The van der Waals surface area contributed by atoms with E-state index in [4.69, 9.17) is 18.9 Å². The Morgan fingerprint density at radius 3 is 3.00 bits per heavy atom. The number of rotatable bonds is 1. The van der Waals surface area contributed by atoms with Crippen molar-refractivity contribution in [1.29, 1.82) is 0 Å². The lowest BCUT2D eigenvalue weighted by atomic mass is 10.0. The third kappa shape index (κ3) is 2.76. The molecule has 3 aliphatic rings. The number of carbonyl (C=O) groups is 1. The van der Waals surface area contributed by atoms with Gasteiger partial charge in [0.2, 0.25) is 5.79 Å². The monoisotopic (exact) mass is 288 g/mol. The molecule has 3 saturated heterocycles. The molecule has 0 aromatic rings. The Morgan fingerprint density at radius 2 is 2.33 bits per heavy atom. The molecule has 0 bridgehead atoms. The van der Waals surface area contributed by atoms with Gasteiger partial charge in [0.05, 0.1) is 6.61 Å². The van der Waals surface area contributed by atoms with E-state index < -0.39 is 5.79 Å². The molecular weight excluding hydrogens is 272 g/mol. The molecule has 0 unspecified atom stereocenters. The molecule has 3 heterocycles. The van der Waals surface area contributed by atoms with Crippen molar-refractivity contribution in [2.75, 3.05) is 6.61 Å². The van der Waals surface area contributed by atoms with Crippen molar-refractivity contribution >= 4 is 5.97 Å². The highest BCUT2D eigenvalue weighted by Crippen LogP contribution is 2.52. The second-order valence-corrected chi connectivity index (χ2v) is 5.16. The molecule has 0 saturated carbocycles. The number of epoxide rings is 1. The largest absolute Gasteiger partial charge is 0.460 e. The fraction of sp³-hybridized carbons (Fsp3) is 0.562. The van der Waals surface area contributed by atoms with Gasteiger partial charge in [-0.1, -0.05) is 11.8 Å². The van der Waals surface area contributed by atoms with Crippen LogP contribution in [0.2, 0.25) is 0 Å². The van der Waals surface area contributed by atoms with Crippen LogP contribution in [0.15, 0.2) is 11.8 Å². The smallest absolute Gasteiger partial charge is 0.302 e. The molecule has 110 valence electrons. The summed E-state index contributed by atoms with van der Waals surface area (Å²) in [5.41, 5.74) is 0. The van der Waals surface area contributed by atoms with Crippen LogP contribution in [0.1, 0.15) is 26.7 Å². The number of carbonyl (C=O) groups excluding carboxylic acids is 1. The van der Waals surface area contributed by atoms with E-state index >= 15 is 0 Å². The molecule has 1 spiro atoms. The zero-order chi connectivity index (χ0) is 14.9. The van der Waals surface area contributed by atoms with E-state index in [0.717, 1.165) is 0 Å². The van der Waals surface area contributed by atoms with E-state index in [2.05, 4.69) is 23.7 Å². The summed E-state index contributed by atoms with van der Waals surface area (Å²) in [6.07, 6.45) is 2.66. The van der Waals surface area contributed by atoms with E-state index in [9.17, 15) is 4.79 Å². The molecule has 0 radical (unpaired) electrons. The predicted octanol–water partition coefficient (Wildman–Crippen LogP) is 1.13. The minimum absolute atomic E-state index is 0.0702. The Bertz CT molecular complexity index is 590. The number of fused-ring (bicyclic) bond motifs is 2. The van der Waals surface area contributed by atoms with Crippen molar-refractivity contribution in [3.05, 3.63) is 11.8 Å². The summed E-state index contributed by atoms with van der Waals surface area (Å²) in [6, 6.07) is 0. The summed E-state index contributed by atoms with van der Waals surface area (Å²) in [6.45, 7) is 3.46. The predicted molar refractivity (Wildman–Crippen MR) is 72.5 cm³/mol. The van der Waals surface area contributed by atoms with Crippen LogP contribution in [0.5, 0.6) is 0 Å². The van der Waals surface area contributed by atoms with E-state index in [1.165, 1.54) is 6.92 Å². The first kappa shape index (κ1) is 14.0. The van der Waals surface area contributed by atoms with Gasteiger partial charge in [-0.25, -0.2) is 0 Å². The van der Waals surface area contributed by atoms with Gasteiger partial charge < -0.3 is 18.9 Å². The first-order valence-electron chi connectivity index (χ1n) is 6.92. The van der Waals surface area contributed by atoms with Gasteiger partial charge in [0.25, 0.3) is 0 Å². The highest BCUT2D eigenvalue weighted by molar-refractivity contribution is 5.66. The molecule has 5 heteroatoms. The number of allylic oxidation sites excluding steroid dienone is 1. The lowest BCUT2D eigenvalue weighted by Gasteiger charge is -2.36. The maximum atomic E-state index is 11.0. The molecule has 21 heavy (non-hydrogen) atoms. The van der Waals surface area contributed by atoms with Crippen molar-refractivity contribution in [3.8, 4) is 23.7 Å². The third-order valence-corrected chi connectivity index (χ3v) is 3.63. The molecule has 3 fully saturated rings. The van der Waals surface area contributed by atoms with E-state index in [0.29, 0.717) is 25.2 Å². The van der Waals surface area contributed by atoms with Crippen LogP contribution in [-0.2, 0) is 23.7 Å². The van der Waals surface area contributed by atoms with Crippen LogP contribution in [-0.4, -0.2) is 36.7 Å². The minimum atomic E-state index is -0.745. The van der Waals surface area contributed by atoms with Gasteiger partial charge in [0, 0.05) is 19.4 Å². The van der Waals surface area contributed by atoms with Crippen molar-refractivity contribution in [2.24, 2.45) is 0 Å². The van der Waals surface area contributed by atoms with Gasteiger partial charge in [0.1, 0.15) is 18.0 Å². The minimum Gasteiger partial charge on any atom is -0.460 e. The summed E-state index contributed by atoms with van der Waals surface area (Å²) in [4.78, 5) is 11.0. The Balaban J connectivity index is 1.63. The fourth-order valence-electron chi connectivity index (χ4n) is 2.68. The lowest BCUT2D eigenvalue weighted by molar-refractivity contribution is -0.260. The molecule has 0 aliphatic carbocycles. The molecule has 0 N–H and O–H groups in total. The summed E-state index contributed by atoms with van der Waals surface area (Å²) in [7, 11) is 0. The average Bonchev–Trinajstić information content (AvgIpc) is 3.20. The van der Waals surface area contributed by atoms with Crippen LogP contribution in [0.3, 0.4) is 0 Å². The normalized spacial score (nSPS) is 37.6. The molecule has 0 amide bonds. The Hall–Kier alpha value is -1.95. The number of esters is 1. The average molecular weight is 288 g/mol. The highest BCUT2D eigenvalue weighted by Gasteiger charge is 2.67. The molecule has 3 aliphatic heterocycles. The number of ether oxygens (including phenoxy) is 4. The van der Waals surface area contributed by atoms with E-state index in [1.807, 2.05) is 0 Å². The standard InChI is InChI=1S/C16H16O5/c1-3-4-5-6-7-13-14-15(20-14)16(21-13)9-8-12(10-18-16)19-11(2)17/h7,12,14-15H,8-10H2,1-2H3/t12-,14+,15+,16+/m0/s1. The van der Waals surface area contributed by atoms with Gasteiger partial charge in [-0.15, -0.1) is 0 Å². The summed E-state index contributed by atoms with van der Waals surface area (Å²) in [5.74, 6) is 10.5. The third-order valence-electron chi connectivity index (χ3n) is 3.63. The maximum absolute atomic E-state index is 11.0. The Morgan fingerprint density at radius 1 is 1.48 bits per heavy atom. The van der Waals surface area contributed by atoms with Gasteiger partial charge in [0.15, 0.2) is 6.10 Å². The molecule has 3 rings (SSSR count). The summed E-state index contributed by atoms with van der Waals surface area (Å²) < 4.78 is 22.5. The molecule has 4 atom stereocenters. The van der Waals surface area contributed by atoms with Crippen LogP contribution >= 0.6 is 0 Å². The number of hydrogen-bond acceptors (Lipinski definition) is 5. The van der Waals surface area contributed by atoms with Crippen LogP contribution in [0, 0.1) is 23.7 Å². The van der Waals surface area contributed by atoms with Crippen LogP contribution in [0.25, 0.3) is 0 Å². The van der Waals surface area contributed by atoms with Gasteiger partial charge in [-0.3, -0.25) is 4.79 Å². The number of hydrogen-bond donors (Lipinski definition) is 0. The second-order valence-electron chi connectivity index (χ2n) is 5.16. The summed E-state index contributed by atoms with van der Waals surface area (Å²) in [5, 5.41) is 0. The van der Waals surface area contributed by atoms with Gasteiger partial charge in [-0.2, -0.15) is 0 Å². The highest BCUT2D eigenvalue weighted by atomic mass is 16.8. The van der Waals surface area contributed by atoms with Gasteiger partial charge >= 0.3 is 5.97 Å². The second kappa shape index (κ2) is 5.44. The van der Waals surface area contributed by atoms with Crippen molar-refractivity contribution in [1.82, 2.24) is 0 Å². The Labute approximate surface area is 123 Å². The van der Waals surface area contributed by atoms with Crippen LogP contribution in [0.4, 0.5) is 0 Å². The molecule has 0 aromatic heterocycles. The quantitative estimate of drug-likeness (QED) is 0.411. The van der Waals surface area contributed by atoms with Crippen molar-refractivity contribution < 1.29 is 23.7 Å². The molecular formula is C16H16O5. The van der Waals surface area contributed by atoms with E-state index in [-0.39, 0.29) is 24.3 Å². The van der Waals surface area contributed by atoms with Gasteiger partial charge in [-0.05, 0) is 25.2 Å². The van der Waals surface area contributed by atoms with Crippen molar-refractivity contribution in [3.63, 3.8) is 0 Å². The zero-order valence-electron chi connectivity index (χ0n) is 12.0. The SMILES string of the molecule is CC#CC#CC=C1O[C@]2(CC[C@H](OC(C)=O)CO2)[C@@H]2O[C@H]12. The maximum Gasteiger partial charge on any atom is 0.302 e. The zero-order valence-corrected chi connectivity index (χ0v) is 12.0. The first-order chi connectivity index (χ1) is 10.1. The molecule has 0 aromatic carbocycles. The van der Waals surface area contributed by atoms with Crippen LogP contribution < -0.4 is 0 Å². The first-order valence-corrected chi connectivity index (χ1v) is 6.92. The lowest BCUT2D eigenvalue weighted by Crippen LogP contribution is -2.46.